The molecule has 0 atom stereocenters. The molecule has 18 heavy (non-hydrogen) atoms. The number of nitrogens with zero attached hydrogens (tertiary/aromatic N) is 3. The van der Waals surface area contributed by atoms with E-state index < -0.39 is 0 Å². The van der Waals surface area contributed by atoms with Crippen LogP contribution in [-0.4, -0.2) is 15.0 Å². The molecule has 0 bridgehead atoms. The Morgan fingerprint density at radius 1 is 1.00 bits per heavy atom. The van der Waals surface area contributed by atoms with Crippen molar-refractivity contribution in [2.45, 2.75) is 0 Å². The number of benzene rings is 1. The first-order chi connectivity index (χ1) is 8.83. The first kappa shape index (κ1) is 10.5. The number of aromatic nitrogens is 3. The molecule has 0 unspecified atom stereocenters. The average Bonchev–Trinajstić information content (AvgIpc) is 2.39. The molecule has 0 aliphatic rings. The molecule has 2 heterocycles. The van der Waals surface area contributed by atoms with Gasteiger partial charge < -0.3 is 10.5 Å². The lowest BCUT2D eigenvalue weighted by atomic mass is 10.2. The predicted octanol–water partition coefficient (Wildman–Crippen LogP) is 2.40. The van der Waals surface area contributed by atoms with Gasteiger partial charge in [0.15, 0.2) is 0 Å². The van der Waals surface area contributed by atoms with Crippen molar-refractivity contribution >= 4 is 16.7 Å². The Kier molecular flexibility index (Phi) is 2.49. The summed E-state index contributed by atoms with van der Waals surface area (Å²) in [5.41, 5.74) is 6.45. The van der Waals surface area contributed by atoms with Crippen molar-refractivity contribution in [2.24, 2.45) is 0 Å². The summed E-state index contributed by atoms with van der Waals surface area (Å²) in [6, 6.07) is 11.1. The Balaban J connectivity index is 2.05. The van der Waals surface area contributed by atoms with Crippen molar-refractivity contribution in [2.75, 3.05) is 5.73 Å². The molecule has 0 amide bonds. The zero-order valence-electron chi connectivity index (χ0n) is 9.45. The summed E-state index contributed by atoms with van der Waals surface area (Å²) < 4.78 is 5.70. The number of anilines is 1. The fourth-order valence-electron chi connectivity index (χ4n) is 1.69. The molecule has 0 saturated carbocycles. The predicted molar refractivity (Wildman–Crippen MR) is 68.3 cm³/mol. The van der Waals surface area contributed by atoms with Crippen molar-refractivity contribution in [1.82, 2.24) is 15.0 Å². The van der Waals surface area contributed by atoms with E-state index in [2.05, 4.69) is 15.0 Å². The van der Waals surface area contributed by atoms with E-state index in [1.165, 1.54) is 6.33 Å². The Morgan fingerprint density at radius 3 is 2.83 bits per heavy atom. The van der Waals surface area contributed by atoms with Gasteiger partial charge in [-0.15, -0.1) is 0 Å². The van der Waals surface area contributed by atoms with Crippen molar-refractivity contribution in [3.8, 4) is 11.6 Å². The highest BCUT2D eigenvalue weighted by atomic mass is 16.5. The van der Waals surface area contributed by atoms with E-state index in [4.69, 9.17) is 10.5 Å². The van der Waals surface area contributed by atoms with E-state index in [1.807, 2.05) is 30.3 Å². The highest BCUT2D eigenvalue weighted by Gasteiger charge is 2.04. The number of pyridine rings is 1. The van der Waals surface area contributed by atoms with E-state index in [0.29, 0.717) is 17.4 Å². The summed E-state index contributed by atoms with van der Waals surface area (Å²) in [5, 5.41) is 0.928. The van der Waals surface area contributed by atoms with Crippen molar-refractivity contribution in [3.63, 3.8) is 0 Å². The van der Waals surface area contributed by atoms with Gasteiger partial charge in [0.05, 0.1) is 5.52 Å². The van der Waals surface area contributed by atoms with E-state index in [1.54, 1.807) is 12.3 Å². The molecule has 88 valence electrons. The van der Waals surface area contributed by atoms with Gasteiger partial charge in [-0.3, -0.25) is 4.98 Å². The van der Waals surface area contributed by atoms with Crippen molar-refractivity contribution in [3.05, 3.63) is 48.9 Å². The van der Waals surface area contributed by atoms with Gasteiger partial charge in [0, 0.05) is 17.6 Å². The van der Waals surface area contributed by atoms with Crippen LogP contribution in [0, 0.1) is 0 Å². The second-order valence-electron chi connectivity index (χ2n) is 3.71. The number of rotatable bonds is 2. The van der Waals surface area contributed by atoms with Gasteiger partial charge in [-0.1, -0.05) is 6.07 Å². The Bertz CT molecular complexity index is 694. The Morgan fingerprint density at radius 2 is 1.94 bits per heavy atom. The monoisotopic (exact) mass is 238 g/mol. The van der Waals surface area contributed by atoms with E-state index >= 15 is 0 Å². The van der Waals surface area contributed by atoms with Gasteiger partial charge >= 0.3 is 0 Å². The number of nitrogens with two attached hydrogens (primary N) is 1. The van der Waals surface area contributed by atoms with Gasteiger partial charge in [-0.25, -0.2) is 9.97 Å². The fourth-order valence-corrected chi connectivity index (χ4v) is 1.69. The fraction of sp³-hybridized carbons (Fsp3) is 0. The number of nitrogen functional groups attached to an aromatic ring is 1. The van der Waals surface area contributed by atoms with Crippen LogP contribution >= 0.6 is 0 Å². The largest absolute Gasteiger partial charge is 0.438 e. The molecule has 0 radical (unpaired) electrons. The molecule has 0 saturated heterocycles. The first-order valence-corrected chi connectivity index (χ1v) is 5.42. The molecular formula is C13H10N4O. The van der Waals surface area contributed by atoms with E-state index in [9.17, 15) is 0 Å². The molecule has 0 aliphatic heterocycles. The van der Waals surface area contributed by atoms with Gasteiger partial charge in [0.25, 0.3) is 0 Å². The zero-order chi connectivity index (χ0) is 12.4. The minimum atomic E-state index is 0.373. The summed E-state index contributed by atoms with van der Waals surface area (Å²) in [4.78, 5) is 12.1. The normalized spacial score (nSPS) is 10.4. The molecule has 5 nitrogen and oxygen atoms in total. The van der Waals surface area contributed by atoms with Crippen molar-refractivity contribution < 1.29 is 4.74 Å². The van der Waals surface area contributed by atoms with Gasteiger partial charge in [-0.05, 0) is 24.3 Å². The van der Waals surface area contributed by atoms with Crippen LogP contribution in [0.15, 0.2) is 48.9 Å². The third-order valence-electron chi connectivity index (χ3n) is 2.48. The topological polar surface area (TPSA) is 73.9 Å². The van der Waals surface area contributed by atoms with Crippen LogP contribution in [0.25, 0.3) is 10.9 Å². The van der Waals surface area contributed by atoms with Crippen LogP contribution < -0.4 is 10.5 Å². The van der Waals surface area contributed by atoms with Crippen LogP contribution in [-0.2, 0) is 0 Å². The SMILES string of the molecule is Nc1cc(Oc2cccc3ncccc23)ncn1. The molecule has 3 rings (SSSR count). The minimum Gasteiger partial charge on any atom is -0.438 e. The standard InChI is InChI=1S/C13H10N4O/c14-12-7-13(17-8-16-12)18-11-5-1-4-10-9(11)3-2-6-15-10/h1-8H,(H2,14,16,17). The maximum atomic E-state index is 5.70. The smallest absolute Gasteiger partial charge is 0.224 e. The third kappa shape index (κ3) is 1.93. The lowest BCUT2D eigenvalue weighted by Crippen LogP contribution is -1.94. The molecule has 0 aliphatic carbocycles. The van der Waals surface area contributed by atoms with Crippen LogP contribution in [0.2, 0.25) is 0 Å². The van der Waals surface area contributed by atoms with Crippen molar-refractivity contribution in [1.29, 1.82) is 0 Å². The Hall–Kier alpha value is -2.69. The molecule has 1 aromatic carbocycles. The molecule has 2 aromatic heterocycles. The molecule has 2 N–H and O–H groups in total. The lowest BCUT2D eigenvalue weighted by Gasteiger charge is -2.07. The molecule has 5 heteroatoms. The number of hydrogen-bond acceptors (Lipinski definition) is 5. The van der Waals surface area contributed by atoms with Crippen LogP contribution in [0.5, 0.6) is 11.6 Å². The minimum absolute atomic E-state index is 0.373. The maximum absolute atomic E-state index is 5.70. The summed E-state index contributed by atoms with van der Waals surface area (Å²) >= 11 is 0. The number of ether oxygens (including phenoxy) is 1. The second-order valence-corrected chi connectivity index (χ2v) is 3.71. The molecular weight excluding hydrogens is 228 g/mol. The summed E-state index contributed by atoms with van der Waals surface area (Å²) in [7, 11) is 0. The lowest BCUT2D eigenvalue weighted by molar-refractivity contribution is 0.467. The summed E-state index contributed by atoms with van der Waals surface area (Å²) in [6.07, 6.45) is 3.11. The molecule has 3 aromatic rings. The number of fused-ring (bicyclic) bond motifs is 1. The quantitative estimate of drug-likeness (QED) is 0.742. The molecule has 0 spiro atoms. The zero-order valence-corrected chi connectivity index (χ0v) is 9.45. The maximum Gasteiger partial charge on any atom is 0.224 e. The highest BCUT2D eigenvalue weighted by Crippen LogP contribution is 2.27. The summed E-state index contributed by atoms with van der Waals surface area (Å²) in [5.74, 6) is 1.48. The van der Waals surface area contributed by atoms with Crippen LogP contribution in [0.4, 0.5) is 5.82 Å². The third-order valence-corrected chi connectivity index (χ3v) is 2.48. The van der Waals surface area contributed by atoms with Gasteiger partial charge in [0.2, 0.25) is 5.88 Å². The molecule has 0 fully saturated rings. The second kappa shape index (κ2) is 4.29. The van der Waals surface area contributed by atoms with E-state index in [-0.39, 0.29) is 0 Å². The van der Waals surface area contributed by atoms with Crippen LogP contribution in [0.3, 0.4) is 0 Å². The van der Waals surface area contributed by atoms with E-state index in [0.717, 1.165) is 10.9 Å². The van der Waals surface area contributed by atoms with Gasteiger partial charge in [0.1, 0.15) is 17.9 Å². The average molecular weight is 238 g/mol. The van der Waals surface area contributed by atoms with Gasteiger partial charge in [-0.2, -0.15) is 0 Å². The highest BCUT2D eigenvalue weighted by molar-refractivity contribution is 5.85. The van der Waals surface area contributed by atoms with Crippen LogP contribution in [0.1, 0.15) is 0 Å². The summed E-state index contributed by atoms with van der Waals surface area (Å²) in [6.45, 7) is 0. The Labute approximate surface area is 103 Å². The first-order valence-electron chi connectivity index (χ1n) is 5.42. The number of hydrogen-bond donors (Lipinski definition) is 1.